The second-order valence-electron chi connectivity index (χ2n) is 8.83. The van der Waals surface area contributed by atoms with Crippen LogP contribution in [-0.2, 0) is 20.8 Å². The molecule has 2 aliphatic rings. The molecule has 7 nitrogen and oxygen atoms in total. The van der Waals surface area contributed by atoms with Crippen LogP contribution in [0.4, 0.5) is 4.79 Å². The lowest BCUT2D eigenvalue weighted by atomic mass is 10.1. The minimum Gasteiger partial charge on any atom is -0.464 e. The molecule has 1 amide bonds. The summed E-state index contributed by atoms with van der Waals surface area (Å²) in [5.41, 5.74) is 0.859. The summed E-state index contributed by atoms with van der Waals surface area (Å²) in [6.45, 7) is 12.7. The molecule has 0 radical (unpaired) electrons. The van der Waals surface area contributed by atoms with E-state index in [-0.39, 0.29) is 18.0 Å². The smallest absolute Gasteiger partial charge is 0.410 e. The normalized spacial score (nSPS) is 21.3. The van der Waals surface area contributed by atoms with Gasteiger partial charge in [0.15, 0.2) is 0 Å². The number of carbonyl (C=O) groups is 2. The molecule has 0 aliphatic carbocycles. The molecular weight excluding hydrogens is 390 g/mol. The number of hydrogen-bond donors (Lipinski definition) is 0. The van der Waals surface area contributed by atoms with Crippen molar-refractivity contribution in [1.82, 2.24) is 14.7 Å². The lowest BCUT2D eigenvalue weighted by Crippen LogP contribution is -2.46. The summed E-state index contributed by atoms with van der Waals surface area (Å²) in [5, 5.41) is 4.33. The number of ether oxygens (including phenoxy) is 2. The lowest BCUT2D eigenvalue weighted by molar-refractivity contribution is -0.148. The number of thiophene rings is 1. The van der Waals surface area contributed by atoms with Crippen molar-refractivity contribution in [1.29, 1.82) is 0 Å². The highest BCUT2D eigenvalue weighted by molar-refractivity contribution is 7.07. The third kappa shape index (κ3) is 6.97. The fourth-order valence-corrected chi connectivity index (χ4v) is 4.31. The Kier molecular flexibility index (Phi) is 7.54. The van der Waals surface area contributed by atoms with Gasteiger partial charge in [-0.05, 0) is 49.6 Å². The van der Waals surface area contributed by atoms with E-state index in [1.54, 1.807) is 16.2 Å². The standard InChI is InChI=1S/C21H33N3O4S/c1-21(2,3)28-20(26)24-6-4-18(15-24)19(25)27-12-11-22-7-9-23(10-8-22)14-17-5-13-29-16-17/h5,13,16,18H,4,6-12,14-15H2,1-3H3/t18-/m1/s1. The Morgan fingerprint density at radius 3 is 2.52 bits per heavy atom. The van der Waals surface area contributed by atoms with Gasteiger partial charge < -0.3 is 14.4 Å². The molecule has 2 aliphatic heterocycles. The van der Waals surface area contributed by atoms with E-state index in [1.165, 1.54) is 5.56 Å². The van der Waals surface area contributed by atoms with Crippen LogP contribution >= 0.6 is 11.3 Å². The highest BCUT2D eigenvalue weighted by Gasteiger charge is 2.34. The summed E-state index contributed by atoms with van der Waals surface area (Å²) < 4.78 is 10.9. The predicted molar refractivity (Wildman–Crippen MR) is 113 cm³/mol. The second-order valence-corrected chi connectivity index (χ2v) is 9.61. The van der Waals surface area contributed by atoms with Gasteiger partial charge in [0.2, 0.25) is 0 Å². The summed E-state index contributed by atoms with van der Waals surface area (Å²) in [6.07, 6.45) is 0.285. The molecule has 2 saturated heterocycles. The number of hydrogen-bond acceptors (Lipinski definition) is 7. The van der Waals surface area contributed by atoms with E-state index in [2.05, 4.69) is 26.6 Å². The van der Waals surface area contributed by atoms with Gasteiger partial charge in [0.25, 0.3) is 0 Å². The zero-order valence-corrected chi connectivity index (χ0v) is 18.6. The van der Waals surface area contributed by atoms with E-state index in [4.69, 9.17) is 9.47 Å². The molecule has 1 aromatic rings. The highest BCUT2D eigenvalue weighted by atomic mass is 32.1. The maximum absolute atomic E-state index is 12.3. The third-order valence-electron chi connectivity index (χ3n) is 5.28. The first kappa shape index (κ1) is 22.1. The second kappa shape index (κ2) is 9.91. The van der Waals surface area contributed by atoms with Gasteiger partial charge in [-0.3, -0.25) is 14.6 Å². The van der Waals surface area contributed by atoms with Crippen molar-refractivity contribution >= 4 is 23.4 Å². The van der Waals surface area contributed by atoms with Gasteiger partial charge in [-0.25, -0.2) is 4.79 Å². The molecule has 2 fully saturated rings. The van der Waals surface area contributed by atoms with Crippen molar-refractivity contribution in [3.8, 4) is 0 Å². The summed E-state index contributed by atoms with van der Waals surface area (Å²) in [6, 6.07) is 2.18. The molecule has 0 N–H and O–H groups in total. The van der Waals surface area contributed by atoms with E-state index >= 15 is 0 Å². The number of amides is 1. The molecule has 162 valence electrons. The van der Waals surface area contributed by atoms with Gasteiger partial charge in [0, 0.05) is 52.4 Å². The minimum atomic E-state index is -0.524. The lowest BCUT2D eigenvalue weighted by Gasteiger charge is -2.34. The van der Waals surface area contributed by atoms with Crippen molar-refractivity contribution in [2.24, 2.45) is 5.92 Å². The Morgan fingerprint density at radius 1 is 1.14 bits per heavy atom. The number of rotatable bonds is 6. The van der Waals surface area contributed by atoms with Crippen molar-refractivity contribution in [2.75, 3.05) is 52.4 Å². The van der Waals surface area contributed by atoms with Crippen LogP contribution in [0.25, 0.3) is 0 Å². The number of piperazine rings is 1. The van der Waals surface area contributed by atoms with Gasteiger partial charge >= 0.3 is 12.1 Å². The number of esters is 1. The van der Waals surface area contributed by atoms with Crippen LogP contribution in [0.15, 0.2) is 16.8 Å². The van der Waals surface area contributed by atoms with E-state index in [1.807, 2.05) is 20.8 Å². The van der Waals surface area contributed by atoms with Crippen molar-refractivity contribution in [2.45, 2.75) is 39.3 Å². The fourth-order valence-electron chi connectivity index (χ4n) is 3.65. The molecule has 0 aromatic carbocycles. The molecule has 0 unspecified atom stereocenters. The molecule has 1 atom stereocenters. The number of nitrogens with zero attached hydrogens (tertiary/aromatic N) is 3. The first-order valence-corrected chi connectivity index (χ1v) is 11.3. The first-order chi connectivity index (χ1) is 13.8. The maximum Gasteiger partial charge on any atom is 0.410 e. The molecule has 8 heteroatoms. The first-order valence-electron chi connectivity index (χ1n) is 10.4. The van der Waals surface area contributed by atoms with Gasteiger partial charge in [0.1, 0.15) is 12.2 Å². The fraction of sp³-hybridized carbons (Fsp3) is 0.714. The minimum absolute atomic E-state index is 0.202. The average Bonchev–Trinajstić information content (AvgIpc) is 3.33. The van der Waals surface area contributed by atoms with Crippen LogP contribution in [0, 0.1) is 5.92 Å². The molecule has 0 saturated carbocycles. The maximum atomic E-state index is 12.3. The van der Waals surface area contributed by atoms with Crippen LogP contribution in [-0.4, -0.2) is 84.8 Å². The van der Waals surface area contributed by atoms with Crippen molar-refractivity contribution in [3.63, 3.8) is 0 Å². The molecule has 0 bridgehead atoms. The zero-order chi connectivity index (χ0) is 20.9. The Balaban J connectivity index is 1.30. The topological polar surface area (TPSA) is 62.3 Å². The molecule has 0 spiro atoms. The Labute approximate surface area is 177 Å². The molecular formula is C21H33N3O4S. The van der Waals surface area contributed by atoms with Gasteiger partial charge in [-0.2, -0.15) is 11.3 Å². The molecule has 3 heterocycles. The van der Waals surface area contributed by atoms with E-state index in [0.717, 1.165) is 39.3 Å². The van der Waals surface area contributed by atoms with Crippen LogP contribution in [0.1, 0.15) is 32.8 Å². The van der Waals surface area contributed by atoms with Crippen LogP contribution in [0.2, 0.25) is 0 Å². The molecule has 3 rings (SSSR count). The molecule has 1 aromatic heterocycles. The van der Waals surface area contributed by atoms with Gasteiger partial charge in [0.05, 0.1) is 5.92 Å². The van der Waals surface area contributed by atoms with E-state index in [9.17, 15) is 9.59 Å². The monoisotopic (exact) mass is 423 g/mol. The number of likely N-dealkylation sites (tertiary alicyclic amines) is 1. The quantitative estimate of drug-likeness (QED) is 0.656. The number of carbonyl (C=O) groups excluding carboxylic acids is 2. The Morgan fingerprint density at radius 2 is 1.86 bits per heavy atom. The third-order valence-corrected chi connectivity index (χ3v) is 6.01. The molecule has 29 heavy (non-hydrogen) atoms. The largest absolute Gasteiger partial charge is 0.464 e. The van der Waals surface area contributed by atoms with Crippen LogP contribution in [0.3, 0.4) is 0 Å². The zero-order valence-electron chi connectivity index (χ0n) is 17.8. The summed E-state index contributed by atoms with van der Waals surface area (Å²) >= 11 is 1.74. The Bertz CT molecular complexity index is 666. The van der Waals surface area contributed by atoms with Crippen LogP contribution < -0.4 is 0 Å². The van der Waals surface area contributed by atoms with E-state index in [0.29, 0.717) is 26.1 Å². The van der Waals surface area contributed by atoms with Crippen LogP contribution in [0.5, 0.6) is 0 Å². The SMILES string of the molecule is CC(C)(C)OC(=O)N1CC[C@@H](C(=O)OCCN2CCN(Cc3ccsc3)CC2)C1. The van der Waals surface area contributed by atoms with Crippen molar-refractivity contribution in [3.05, 3.63) is 22.4 Å². The summed E-state index contributed by atoms with van der Waals surface area (Å²) in [7, 11) is 0. The highest BCUT2D eigenvalue weighted by Crippen LogP contribution is 2.20. The van der Waals surface area contributed by atoms with Gasteiger partial charge in [-0.1, -0.05) is 0 Å². The van der Waals surface area contributed by atoms with Gasteiger partial charge in [-0.15, -0.1) is 0 Å². The Hall–Kier alpha value is -1.64. The summed E-state index contributed by atoms with van der Waals surface area (Å²) in [5.74, 6) is -0.447. The average molecular weight is 424 g/mol. The van der Waals surface area contributed by atoms with Crippen molar-refractivity contribution < 1.29 is 19.1 Å². The van der Waals surface area contributed by atoms with E-state index < -0.39 is 5.60 Å². The predicted octanol–water partition coefficient (Wildman–Crippen LogP) is 2.67. The summed E-state index contributed by atoms with van der Waals surface area (Å²) in [4.78, 5) is 30.9.